The zero-order valence-corrected chi connectivity index (χ0v) is 8.28. The number of nitrogens with one attached hydrogen (secondary N) is 1. The van der Waals surface area contributed by atoms with Crippen molar-refractivity contribution in [3.63, 3.8) is 0 Å². The van der Waals surface area contributed by atoms with Gasteiger partial charge in [-0.15, -0.1) is 0 Å². The number of allylic oxidation sites excluding steroid dienone is 1. The van der Waals surface area contributed by atoms with Crippen LogP contribution in [0, 0.1) is 10.1 Å². The molecule has 1 N–H and O–H groups in total. The number of hydrogen-bond acceptors (Lipinski definition) is 2. The number of H-pyrrole nitrogens is 1. The second-order valence-electron chi connectivity index (χ2n) is 3.47. The average Bonchev–Trinajstić information content (AvgIpc) is 2.59. The molecule has 0 aliphatic rings. The summed E-state index contributed by atoms with van der Waals surface area (Å²) in [7, 11) is 0. The number of nitrogens with zero attached hydrogens (tertiary/aromatic N) is 1. The van der Waals surface area contributed by atoms with E-state index in [1.54, 1.807) is 6.07 Å². The Morgan fingerprint density at radius 3 is 2.87 bits per heavy atom. The summed E-state index contributed by atoms with van der Waals surface area (Å²) in [6.45, 7) is 5.76. The van der Waals surface area contributed by atoms with Crippen molar-refractivity contribution >= 4 is 22.2 Å². The summed E-state index contributed by atoms with van der Waals surface area (Å²) in [5.41, 5.74) is 2.80. The molecule has 4 heteroatoms. The zero-order chi connectivity index (χ0) is 11.0. The van der Waals surface area contributed by atoms with E-state index in [2.05, 4.69) is 11.6 Å². The van der Waals surface area contributed by atoms with E-state index < -0.39 is 4.92 Å². The van der Waals surface area contributed by atoms with E-state index in [1.807, 2.05) is 13.1 Å². The Kier molecular flexibility index (Phi) is 2.04. The van der Waals surface area contributed by atoms with E-state index in [0.29, 0.717) is 0 Å². The first kappa shape index (κ1) is 9.45. The van der Waals surface area contributed by atoms with E-state index in [9.17, 15) is 10.1 Å². The van der Waals surface area contributed by atoms with Gasteiger partial charge in [-0.25, -0.2) is 0 Å². The Hall–Kier alpha value is -2.10. The van der Waals surface area contributed by atoms with Crippen molar-refractivity contribution in [1.82, 2.24) is 4.98 Å². The molecule has 2 aromatic rings. The van der Waals surface area contributed by atoms with Crippen LogP contribution in [-0.2, 0) is 0 Å². The van der Waals surface area contributed by atoms with Gasteiger partial charge in [0.2, 0.25) is 0 Å². The van der Waals surface area contributed by atoms with E-state index in [-0.39, 0.29) is 5.69 Å². The maximum atomic E-state index is 10.6. The van der Waals surface area contributed by atoms with Crippen molar-refractivity contribution in [2.24, 2.45) is 0 Å². The van der Waals surface area contributed by atoms with Crippen molar-refractivity contribution in [2.75, 3.05) is 0 Å². The van der Waals surface area contributed by atoms with E-state index in [1.165, 1.54) is 12.1 Å². The van der Waals surface area contributed by atoms with E-state index in [0.717, 1.165) is 22.0 Å². The first-order valence-corrected chi connectivity index (χ1v) is 4.51. The normalized spacial score (nSPS) is 10.5. The van der Waals surface area contributed by atoms with Gasteiger partial charge in [-0.2, -0.15) is 0 Å². The molecule has 0 unspecified atom stereocenters. The molecule has 15 heavy (non-hydrogen) atoms. The lowest BCUT2D eigenvalue weighted by molar-refractivity contribution is -0.384. The Bertz CT molecular complexity index is 555. The van der Waals surface area contributed by atoms with Crippen LogP contribution < -0.4 is 0 Å². The second kappa shape index (κ2) is 3.24. The highest BCUT2D eigenvalue weighted by Crippen LogP contribution is 2.26. The van der Waals surface area contributed by atoms with Crippen LogP contribution in [0.25, 0.3) is 16.5 Å². The Balaban J connectivity index is 2.66. The second-order valence-corrected chi connectivity index (χ2v) is 3.47. The van der Waals surface area contributed by atoms with E-state index in [4.69, 9.17) is 0 Å². The molecule has 0 bridgehead atoms. The number of rotatable bonds is 2. The number of nitro groups is 1. The standard InChI is InChI=1S/C11H10N2O2/c1-7(2)10-6-12-11-5-8(13(14)15)3-4-9(10)11/h3-6,12H,1H2,2H3. The lowest BCUT2D eigenvalue weighted by Crippen LogP contribution is -1.86. The van der Waals surface area contributed by atoms with Gasteiger partial charge in [-0.05, 0) is 18.6 Å². The van der Waals surface area contributed by atoms with Crippen molar-refractivity contribution < 1.29 is 4.92 Å². The fraction of sp³-hybridized carbons (Fsp3) is 0.0909. The van der Waals surface area contributed by atoms with Gasteiger partial charge < -0.3 is 4.98 Å². The molecule has 0 fully saturated rings. The molecule has 0 atom stereocenters. The van der Waals surface area contributed by atoms with Gasteiger partial charge in [-0.1, -0.05) is 6.58 Å². The Labute approximate surface area is 86.4 Å². The number of benzene rings is 1. The molecule has 2 rings (SSSR count). The van der Waals surface area contributed by atoms with Gasteiger partial charge >= 0.3 is 0 Å². The minimum absolute atomic E-state index is 0.0950. The summed E-state index contributed by atoms with van der Waals surface area (Å²) in [5, 5.41) is 11.5. The highest BCUT2D eigenvalue weighted by molar-refractivity contribution is 5.92. The van der Waals surface area contributed by atoms with Crippen LogP contribution in [0.15, 0.2) is 31.0 Å². The van der Waals surface area contributed by atoms with E-state index >= 15 is 0 Å². The molecule has 0 aliphatic carbocycles. The third-order valence-electron chi connectivity index (χ3n) is 2.34. The molecule has 1 aromatic heterocycles. The highest BCUT2D eigenvalue weighted by atomic mass is 16.6. The topological polar surface area (TPSA) is 58.9 Å². The molecule has 76 valence electrons. The highest BCUT2D eigenvalue weighted by Gasteiger charge is 2.09. The summed E-state index contributed by atoms with van der Waals surface area (Å²) < 4.78 is 0. The van der Waals surface area contributed by atoms with Crippen LogP contribution in [0.1, 0.15) is 12.5 Å². The summed E-state index contributed by atoms with van der Waals surface area (Å²) in [5.74, 6) is 0. The van der Waals surface area contributed by atoms with Gasteiger partial charge in [-0.3, -0.25) is 10.1 Å². The van der Waals surface area contributed by atoms with Gasteiger partial charge in [0.1, 0.15) is 0 Å². The third-order valence-corrected chi connectivity index (χ3v) is 2.34. The number of non-ortho nitro benzene ring substituents is 1. The quantitative estimate of drug-likeness (QED) is 0.600. The lowest BCUT2D eigenvalue weighted by atomic mass is 10.1. The SMILES string of the molecule is C=C(C)c1c[nH]c2cc([N+](=O)[O-])ccc12. The number of nitro benzene ring substituents is 1. The number of hydrogen-bond donors (Lipinski definition) is 1. The average molecular weight is 202 g/mol. The van der Waals surface area contributed by atoms with Crippen molar-refractivity contribution in [2.45, 2.75) is 6.92 Å². The zero-order valence-electron chi connectivity index (χ0n) is 8.28. The summed E-state index contributed by atoms with van der Waals surface area (Å²) in [6, 6.07) is 4.78. The molecule has 4 nitrogen and oxygen atoms in total. The number of aromatic amines is 1. The maximum Gasteiger partial charge on any atom is 0.271 e. The maximum absolute atomic E-state index is 10.6. The summed E-state index contributed by atoms with van der Waals surface area (Å²) in [6.07, 6.45) is 1.82. The molecule has 0 amide bonds. The van der Waals surface area contributed by atoms with Gasteiger partial charge in [0, 0.05) is 29.3 Å². The molecule has 0 radical (unpaired) electrons. The lowest BCUT2D eigenvalue weighted by Gasteiger charge is -1.96. The molecule has 0 saturated heterocycles. The molecule has 0 saturated carbocycles. The van der Waals surface area contributed by atoms with Gasteiger partial charge in [0.25, 0.3) is 5.69 Å². The van der Waals surface area contributed by atoms with Crippen LogP contribution in [0.4, 0.5) is 5.69 Å². The van der Waals surface area contributed by atoms with Crippen LogP contribution in [0.2, 0.25) is 0 Å². The fourth-order valence-corrected chi connectivity index (χ4v) is 1.58. The fourth-order valence-electron chi connectivity index (χ4n) is 1.58. The van der Waals surface area contributed by atoms with Crippen molar-refractivity contribution in [3.05, 3.63) is 46.7 Å². The first-order valence-electron chi connectivity index (χ1n) is 4.51. The van der Waals surface area contributed by atoms with Crippen molar-refractivity contribution in [3.8, 4) is 0 Å². The van der Waals surface area contributed by atoms with Gasteiger partial charge in [0.05, 0.1) is 10.4 Å². The Morgan fingerprint density at radius 2 is 2.27 bits per heavy atom. The van der Waals surface area contributed by atoms with Gasteiger partial charge in [0.15, 0.2) is 0 Å². The Morgan fingerprint density at radius 1 is 1.53 bits per heavy atom. The molecular formula is C11H10N2O2. The van der Waals surface area contributed by atoms with Crippen LogP contribution in [-0.4, -0.2) is 9.91 Å². The molecular weight excluding hydrogens is 192 g/mol. The number of aromatic nitrogens is 1. The van der Waals surface area contributed by atoms with Crippen LogP contribution in [0.5, 0.6) is 0 Å². The molecule has 1 aromatic carbocycles. The van der Waals surface area contributed by atoms with Crippen molar-refractivity contribution in [1.29, 1.82) is 0 Å². The summed E-state index contributed by atoms with van der Waals surface area (Å²) in [4.78, 5) is 13.2. The van der Waals surface area contributed by atoms with Crippen LogP contribution in [0.3, 0.4) is 0 Å². The largest absolute Gasteiger partial charge is 0.360 e. The van der Waals surface area contributed by atoms with Crippen LogP contribution >= 0.6 is 0 Å². The monoisotopic (exact) mass is 202 g/mol. The molecule has 1 heterocycles. The predicted molar refractivity (Wildman–Crippen MR) is 59.7 cm³/mol. The predicted octanol–water partition coefficient (Wildman–Crippen LogP) is 3.11. The third kappa shape index (κ3) is 1.50. The smallest absolute Gasteiger partial charge is 0.271 e. The minimum Gasteiger partial charge on any atom is -0.360 e. The molecule has 0 spiro atoms. The molecule has 0 aliphatic heterocycles. The number of fused-ring (bicyclic) bond motifs is 1. The summed E-state index contributed by atoms with van der Waals surface area (Å²) >= 11 is 0. The minimum atomic E-state index is -0.402. The first-order chi connectivity index (χ1) is 7.09.